The maximum absolute atomic E-state index is 13.9. The minimum Gasteiger partial charge on any atom is -0.459 e. The van der Waals surface area contributed by atoms with Crippen LogP contribution in [-0.2, 0) is 42.6 Å². The number of ether oxygens (including phenoxy) is 1. The van der Waals surface area contributed by atoms with E-state index in [0.29, 0.717) is 16.6 Å². The van der Waals surface area contributed by atoms with Crippen molar-refractivity contribution in [2.24, 2.45) is 0 Å². The Kier molecular flexibility index (Phi) is 6.46. The summed E-state index contributed by atoms with van der Waals surface area (Å²) in [6.45, 7) is 2.80. The summed E-state index contributed by atoms with van der Waals surface area (Å²) >= 11 is 0. The van der Waals surface area contributed by atoms with Crippen LogP contribution in [0.3, 0.4) is 0 Å². The van der Waals surface area contributed by atoms with E-state index in [2.05, 4.69) is 15.6 Å². The molecule has 180 valence electrons. The van der Waals surface area contributed by atoms with Crippen molar-refractivity contribution in [1.29, 1.82) is 0 Å². The Labute approximate surface area is 200 Å². The van der Waals surface area contributed by atoms with E-state index < -0.39 is 28.9 Å². The fraction of sp³-hybridized carbons (Fsp3) is 0.280. The van der Waals surface area contributed by atoms with Gasteiger partial charge in [-0.2, -0.15) is 0 Å². The Morgan fingerprint density at radius 3 is 2.54 bits per heavy atom. The number of imide groups is 1. The first-order chi connectivity index (χ1) is 16.7. The summed E-state index contributed by atoms with van der Waals surface area (Å²) in [5.74, 6) is -2.63. The van der Waals surface area contributed by atoms with E-state index in [1.807, 2.05) is 6.07 Å². The molecule has 1 saturated heterocycles. The molecule has 10 heteroatoms. The Bertz CT molecular complexity index is 1400. The van der Waals surface area contributed by atoms with Gasteiger partial charge in [0.1, 0.15) is 12.4 Å². The molecule has 1 aliphatic heterocycles. The van der Waals surface area contributed by atoms with Crippen LogP contribution in [0.5, 0.6) is 0 Å². The molecule has 1 aromatic heterocycles. The summed E-state index contributed by atoms with van der Waals surface area (Å²) in [6, 6.07) is 13.9. The second kappa shape index (κ2) is 9.49. The smallest absolute Gasteiger partial charge is 0.342 e. The van der Waals surface area contributed by atoms with Crippen LogP contribution in [0.25, 0.3) is 10.9 Å². The third-order valence-electron chi connectivity index (χ3n) is 5.95. The summed E-state index contributed by atoms with van der Waals surface area (Å²) in [5.41, 5.74) is -1.24. The summed E-state index contributed by atoms with van der Waals surface area (Å²) in [5, 5.41) is 4.99. The lowest BCUT2D eigenvalue weighted by Gasteiger charge is -2.35. The topological polar surface area (TPSA) is 136 Å². The van der Waals surface area contributed by atoms with Crippen LogP contribution in [0.4, 0.5) is 0 Å². The predicted octanol–water partition coefficient (Wildman–Crippen LogP) is 1.22. The molecule has 4 rings (SSSR count). The average Bonchev–Trinajstić information content (AvgIpc) is 2.83. The molecule has 3 aromatic rings. The SMILES string of the molecule is CC(=O)NCc1cccc2nc(C)n([C@]3(C(=O)OCc4ccccc4)CCC(=O)NC3=O)c(=O)c12. The lowest BCUT2D eigenvalue weighted by molar-refractivity contribution is -0.164. The molecule has 0 saturated carbocycles. The number of aryl methyl sites for hydroxylation is 1. The summed E-state index contributed by atoms with van der Waals surface area (Å²) in [4.78, 5) is 68.5. The highest BCUT2D eigenvalue weighted by Gasteiger charge is 2.54. The van der Waals surface area contributed by atoms with Gasteiger partial charge in [0, 0.05) is 19.9 Å². The summed E-state index contributed by atoms with van der Waals surface area (Å²) < 4.78 is 6.52. The lowest BCUT2D eigenvalue weighted by atomic mass is 9.87. The third kappa shape index (κ3) is 4.42. The van der Waals surface area contributed by atoms with Crippen molar-refractivity contribution in [1.82, 2.24) is 20.2 Å². The lowest BCUT2D eigenvalue weighted by Crippen LogP contribution is -2.62. The first-order valence-corrected chi connectivity index (χ1v) is 11.1. The van der Waals surface area contributed by atoms with E-state index in [4.69, 9.17) is 4.74 Å². The number of esters is 1. The largest absolute Gasteiger partial charge is 0.459 e. The average molecular weight is 476 g/mol. The molecular weight excluding hydrogens is 452 g/mol. The number of hydrogen-bond acceptors (Lipinski definition) is 7. The summed E-state index contributed by atoms with van der Waals surface area (Å²) in [7, 11) is 0. The molecule has 1 aliphatic rings. The molecule has 0 bridgehead atoms. The number of carbonyl (C=O) groups is 4. The van der Waals surface area contributed by atoms with Crippen LogP contribution in [0.2, 0.25) is 0 Å². The number of rotatable bonds is 6. The number of aromatic nitrogens is 2. The van der Waals surface area contributed by atoms with Gasteiger partial charge in [0.25, 0.3) is 11.5 Å². The van der Waals surface area contributed by atoms with Gasteiger partial charge in [-0.1, -0.05) is 42.5 Å². The van der Waals surface area contributed by atoms with Crippen LogP contribution in [0, 0.1) is 6.92 Å². The fourth-order valence-corrected chi connectivity index (χ4v) is 4.27. The number of piperidine rings is 1. The number of hydrogen-bond donors (Lipinski definition) is 2. The highest BCUT2D eigenvalue weighted by atomic mass is 16.5. The second-order valence-corrected chi connectivity index (χ2v) is 8.32. The monoisotopic (exact) mass is 476 g/mol. The molecule has 1 atom stereocenters. The maximum Gasteiger partial charge on any atom is 0.342 e. The van der Waals surface area contributed by atoms with E-state index in [-0.39, 0.29) is 43.1 Å². The zero-order chi connectivity index (χ0) is 25.2. The Morgan fingerprint density at radius 2 is 1.86 bits per heavy atom. The molecule has 2 N–H and O–H groups in total. The highest BCUT2D eigenvalue weighted by Crippen LogP contribution is 2.30. The van der Waals surface area contributed by atoms with Crippen molar-refractivity contribution >= 4 is 34.6 Å². The van der Waals surface area contributed by atoms with Crippen molar-refractivity contribution in [3.8, 4) is 0 Å². The number of nitrogens with one attached hydrogen (secondary N) is 2. The Balaban J connectivity index is 1.87. The minimum absolute atomic E-state index is 0.0583. The Hall–Kier alpha value is -4.34. The van der Waals surface area contributed by atoms with Gasteiger partial charge in [-0.3, -0.25) is 29.1 Å². The van der Waals surface area contributed by atoms with E-state index in [0.717, 1.165) is 4.57 Å². The minimum atomic E-state index is -2.12. The van der Waals surface area contributed by atoms with Crippen LogP contribution in [0.1, 0.15) is 36.7 Å². The van der Waals surface area contributed by atoms with E-state index in [1.165, 1.54) is 13.8 Å². The molecule has 0 radical (unpaired) electrons. The van der Waals surface area contributed by atoms with E-state index >= 15 is 0 Å². The molecule has 2 aromatic carbocycles. The van der Waals surface area contributed by atoms with Crippen molar-refractivity contribution in [2.45, 2.75) is 45.4 Å². The Morgan fingerprint density at radius 1 is 1.11 bits per heavy atom. The van der Waals surface area contributed by atoms with Crippen LogP contribution in [0.15, 0.2) is 53.3 Å². The predicted molar refractivity (Wildman–Crippen MR) is 125 cm³/mol. The van der Waals surface area contributed by atoms with Crippen molar-refractivity contribution in [3.63, 3.8) is 0 Å². The standard InChI is InChI=1S/C25H24N4O6/c1-15-27-19-10-6-9-18(13-26-16(2)30)21(19)22(32)29(15)25(12-11-20(31)28-23(25)33)24(34)35-14-17-7-4-3-5-8-17/h3-10H,11-14H2,1-2H3,(H,26,30)(H,28,31,33)/t25-/m1/s1. The number of amides is 3. The second-order valence-electron chi connectivity index (χ2n) is 8.32. The molecule has 1 fully saturated rings. The number of fused-ring (bicyclic) bond motifs is 1. The van der Waals surface area contributed by atoms with Gasteiger partial charge in [0.15, 0.2) is 0 Å². The van der Waals surface area contributed by atoms with Crippen molar-refractivity contribution in [3.05, 3.63) is 75.8 Å². The van der Waals surface area contributed by atoms with Crippen molar-refractivity contribution in [2.75, 3.05) is 0 Å². The summed E-state index contributed by atoms with van der Waals surface area (Å²) in [6.07, 6.45) is -0.420. The van der Waals surface area contributed by atoms with Gasteiger partial charge in [0.05, 0.1) is 10.9 Å². The molecular formula is C25H24N4O6. The zero-order valence-corrected chi connectivity index (χ0v) is 19.3. The molecule has 3 amide bonds. The van der Waals surface area contributed by atoms with Crippen LogP contribution in [-0.4, -0.2) is 33.2 Å². The zero-order valence-electron chi connectivity index (χ0n) is 19.3. The number of benzene rings is 2. The van der Waals surface area contributed by atoms with Gasteiger partial charge in [-0.15, -0.1) is 0 Å². The van der Waals surface area contributed by atoms with Gasteiger partial charge in [0.2, 0.25) is 17.4 Å². The molecule has 0 spiro atoms. The van der Waals surface area contributed by atoms with Crippen molar-refractivity contribution < 1.29 is 23.9 Å². The molecule has 0 unspecified atom stereocenters. The molecule has 10 nitrogen and oxygen atoms in total. The molecule has 2 heterocycles. The number of nitrogens with zero attached hydrogens (tertiary/aromatic N) is 2. The van der Waals surface area contributed by atoms with Crippen LogP contribution < -0.4 is 16.2 Å². The van der Waals surface area contributed by atoms with E-state index in [9.17, 15) is 24.0 Å². The van der Waals surface area contributed by atoms with Gasteiger partial charge >= 0.3 is 5.97 Å². The van der Waals surface area contributed by atoms with Gasteiger partial charge in [-0.05, 0) is 30.5 Å². The maximum atomic E-state index is 13.9. The first kappa shape index (κ1) is 23.8. The number of carbonyl (C=O) groups excluding carboxylic acids is 4. The quantitative estimate of drug-likeness (QED) is 0.310. The van der Waals surface area contributed by atoms with Gasteiger partial charge in [-0.25, -0.2) is 9.78 Å². The molecule has 35 heavy (non-hydrogen) atoms. The normalized spacial score (nSPS) is 17.7. The highest BCUT2D eigenvalue weighted by molar-refractivity contribution is 6.13. The van der Waals surface area contributed by atoms with E-state index in [1.54, 1.807) is 42.5 Å². The molecule has 0 aliphatic carbocycles. The van der Waals surface area contributed by atoms with Gasteiger partial charge < -0.3 is 10.1 Å². The fourth-order valence-electron chi connectivity index (χ4n) is 4.27. The third-order valence-corrected chi connectivity index (χ3v) is 5.95. The van der Waals surface area contributed by atoms with Crippen LogP contribution >= 0.6 is 0 Å². The first-order valence-electron chi connectivity index (χ1n) is 11.1.